The van der Waals surface area contributed by atoms with Crippen molar-refractivity contribution in [2.45, 2.75) is 12.8 Å². The Bertz CT molecular complexity index is 989. The van der Waals surface area contributed by atoms with E-state index in [0.717, 1.165) is 18.5 Å². The first kappa shape index (κ1) is 24.8. The molecule has 1 saturated heterocycles. The van der Waals surface area contributed by atoms with E-state index in [1.807, 2.05) is 35.2 Å². The van der Waals surface area contributed by atoms with Crippen molar-refractivity contribution in [1.82, 2.24) is 15.8 Å². The Morgan fingerprint density at radius 2 is 1.65 bits per heavy atom. The molecule has 1 aliphatic rings. The molecule has 0 aliphatic carbocycles. The highest BCUT2D eigenvalue weighted by molar-refractivity contribution is 5.97. The number of methoxy groups -OCH3 is 3. The molecule has 1 heterocycles. The van der Waals surface area contributed by atoms with Gasteiger partial charge in [0.25, 0.3) is 11.8 Å². The van der Waals surface area contributed by atoms with E-state index in [4.69, 9.17) is 14.2 Å². The molecule has 1 fully saturated rings. The second-order valence-electron chi connectivity index (χ2n) is 7.85. The molecule has 2 aromatic rings. The molecule has 0 saturated carbocycles. The SMILES string of the molecule is COc1cc(C(=O)NNC(=O)CN2CCC[C@H](C(=O)Nc3ccccc3)C2)cc(OC)c1OC. The van der Waals surface area contributed by atoms with E-state index in [0.29, 0.717) is 30.3 Å². The maximum absolute atomic E-state index is 12.6. The van der Waals surface area contributed by atoms with E-state index in [1.54, 1.807) is 0 Å². The highest BCUT2D eigenvalue weighted by Crippen LogP contribution is 2.38. The van der Waals surface area contributed by atoms with Crippen LogP contribution in [0.1, 0.15) is 23.2 Å². The number of rotatable bonds is 8. The summed E-state index contributed by atoms with van der Waals surface area (Å²) in [6, 6.07) is 12.3. The van der Waals surface area contributed by atoms with E-state index in [9.17, 15) is 14.4 Å². The summed E-state index contributed by atoms with van der Waals surface area (Å²) in [5, 5.41) is 2.92. The molecule has 3 rings (SSSR count). The molecule has 0 unspecified atom stereocenters. The topological polar surface area (TPSA) is 118 Å². The summed E-state index contributed by atoms with van der Waals surface area (Å²) in [5.74, 6) is -0.182. The van der Waals surface area contributed by atoms with E-state index in [-0.39, 0.29) is 29.8 Å². The number of anilines is 1. The van der Waals surface area contributed by atoms with Crippen molar-refractivity contribution < 1.29 is 28.6 Å². The van der Waals surface area contributed by atoms with Crippen molar-refractivity contribution in [2.75, 3.05) is 46.3 Å². The number of hydrogen-bond acceptors (Lipinski definition) is 7. The van der Waals surface area contributed by atoms with Crippen LogP contribution in [0.3, 0.4) is 0 Å². The van der Waals surface area contributed by atoms with Gasteiger partial charge in [-0.1, -0.05) is 18.2 Å². The lowest BCUT2D eigenvalue weighted by Crippen LogP contribution is -2.49. The van der Waals surface area contributed by atoms with Crippen molar-refractivity contribution in [3.05, 3.63) is 48.0 Å². The van der Waals surface area contributed by atoms with Gasteiger partial charge in [0.2, 0.25) is 11.7 Å². The quantitative estimate of drug-likeness (QED) is 0.504. The number of hydrazine groups is 1. The van der Waals surface area contributed by atoms with Crippen LogP contribution in [0.15, 0.2) is 42.5 Å². The normalized spacial score (nSPS) is 15.7. The fraction of sp³-hybridized carbons (Fsp3) is 0.375. The highest BCUT2D eigenvalue weighted by Gasteiger charge is 2.27. The van der Waals surface area contributed by atoms with Crippen LogP contribution in [-0.4, -0.2) is 63.6 Å². The summed E-state index contributed by atoms with van der Waals surface area (Å²) >= 11 is 0. The van der Waals surface area contributed by atoms with Gasteiger partial charge in [-0.2, -0.15) is 0 Å². The smallest absolute Gasteiger partial charge is 0.269 e. The molecule has 34 heavy (non-hydrogen) atoms. The van der Waals surface area contributed by atoms with E-state index in [2.05, 4.69) is 16.2 Å². The lowest BCUT2D eigenvalue weighted by molar-refractivity contribution is -0.126. The Morgan fingerprint density at radius 3 is 2.26 bits per heavy atom. The number of para-hydroxylation sites is 1. The fourth-order valence-corrected chi connectivity index (χ4v) is 3.83. The van der Waals surface area contributed by atoms with Crippen molar-refractivity contribution in [2.24, 2.45) is 5.92 Å². The molecule has 3 amide bonds. The third kappa shape index (κ3) is 6.38. The van der Waals surface area contributed by atoms with Gasteiger partial charge < -0.3 is 19.5 Å². The number of ether oxygens (including phenoxy) is 3. The Balaban J connectivity index is 1.51. The van der Waals surface area contributed by atoms with Crippen molar-refractivity contribution >= 4 is 23.4 Å². The van der Waals surface area contributed by atoms with Crippen molar-refractivity contribution in [3.8, 4) is 17.2 Å². The number of hydrogen-bond donors (Lipinski definition) is 3. The molecule has 10 heteroatoms. The molecule has 0 bridgehead atoms. The van der Waals surface area contributed by atoms with Gasteiger partial charge in [-0.3, -0.25) is 30.1 Å². The number of nitrogens with zero attached hydrogens (tertiary/aromatic N) is 1. The Hall–Kier alpha value is -3.79. The second-order valence-corrected chi connectivity index (χ2v) is 7.85. The number of carbonyl (C=O) groups is 3. The first-order chi connectivity index (χ1) is 16.4. The van der Waals surface area contributed by atoms with Crippen LogP contribution in [0.4, 0.5) is 5.69 Å². The minimum atomic E-state index is -0.536. The van der Waals surface area contributed by atoms with Crippen LogP contribution < -0.4 is 30.4 Å². The zero-order valence-corrected chi connectivity index (χ0v) is 19.6. The van der Waals surface area contributed by atoms with Gasteiger partial charge in [-0.05, 0) is 43.7 Å². The zero-order chi connectivity index (χ0) is 24.5. The van der Waals surface area contributed by atoms with E-state index in [1.165, 1.54) is 33.5 Å². The molecule has 0 spiro atoms. The van der Waals surface area contributed by atoms with Gasteiger partial charge in [0, 0.05) is 17.8 Å². The third-order valence-electron chi connectivity index (χ3n) is 5.53. The summed E-state index contributed by atoms with van der Waals surface area (Å²) in [7, 11) is 4.37. The van der Waals surface area contributed by atoms with E-state index >= 15 is 0 Å². The summed E-state index contributed by atoms with van der Waals surface area (Å²) in [6.07, 6.45) is 1.56. The monoisotopic (exact) mass is 470 g/mol. The predicted octanol–water partition coefficient (Wildman–Crippen LogP) is 1.82. The maximum Gasteiger partial charge on any atom is 0.269 e. The minimum Gasteiger partial charge on any atom is -0.493 e. The molecule has 182 valence electrons. The fourth-order valence-electron chi connectivity index (χ4n) is 3.83. The molecular weight excluding hydrogens is 440 g/mol. The Labute approximate surface area is 198 Å². The summed E-state index contributed by atoms with van der Waals surface area (Å²) in [5.41, 5.74) is 5.80. The second kappa shape index (κ2) is 11.9. The van der Waals surface area contributed by atoms with Crippen molar-refractivity contribution in [3.63, 3.8) is 0 Å². The van der Waals surface area contributed by atoms with Gasteiger partial charge in [-0.25, -0.2) is 0 Å². The minimum absolute atomic E-state index is 0.0602. The molecule has 3 N–H and O–H groups in total. The average molecular weight is 471 g/mol. The molecule has 1 aliphatic heterocycles. The summed E-state index contributed by atoms with van der Waals surface area (Å²) < 4.78 is 15.8. The van der Waals surface area contributed by atoms with Gasteiger partial charge in [0.05, 0.1) is 33.8 Å². The Kier molecular flexibility index (Phi) is 8.69. The molecule has 0 radical (unpaired) electrons. The van der Waals surface area contributed by atoms with Gasteiger partial charge in [0.15, 0.2) is 11.5 Å². The summed E-state index contributed by atoms with van der Waals surface area (Å²) in [4.78, 5) is 39.5. The standard InChI is InChI=1S/C24H30N4O6/c1-32-19-12-17(13-20(33-2)22(19)34-3)24(31)27-26-21(29)15-28-11-7-8-16(14-28)23(30)25-18-9-5-4-6-10-18/h4-6,9-10,12-13,16H,7-8,11,14-15H2,1-3H3,(H,25,30)(H,26,29)(H,27,31)/t16-/m0/s1. The van der Waals surface area contributed by atoms with Crippen LogP contribution >= 0.6 is 0 Å². The lowest BCUT2D eigenvalue weighted by atomic mass is 9.97. The maximum atomic E-state index is 12.6. The number of likely N-dealkylation sites (tertiary alicyclic amines) is 1. The predicted molar refractivity (Wildman–Crippen MR) is 126 cm³/mol. The zero-order valence-electron chi connectivity index (χ0n) is 19.6. The van der Waals surface area contributed by atoms with Crippen LogP contribution in [0, 0.1) is 5.92 Å². The molecule has 10 nitrogen and oxygen atoms in total. The molecule has 0 aromatic heterocycles. The molecule has 1 atom stereocenters. The average Bonchev–Trinajstić information content (AvgIpc) is 2.87. The van der Waals surface area contributed by atoms with Crippen LogP contribution in [-0.2, 0) is 9.59 Å². The number of nitrogens with one attached hydrogen (secondary N) is 3. The Morgan fingerprint density at radius 1 is 0.971 bits per heavy atom. The number of amides is 3. The molecular formula is C24H30N4O6. The first-order valence-electron chi connectivity index (χ1n) is 10.9. The highest BCUT2D eigenvalue weighted by atomic mass is 16.5. The number of piperidine rings is 1. The van der Waals surface area contributed by atoms with E-state index < -0.39 is 5.91 Å². The van der Waals surface area contributed by atoms with Crippen molar-refractivity contribution in [1.29, 1.82) is 0 Å². The largest absolute Gasteiger partial charge is 0.493 e. The third-order valence-corrected chi connectivity index (χ3v) is 5.53. The molecule has 2 aromatic carbocycles. The van der Waals surface area contributed by atoms with Gasteiger partial charge >= 0.3 is 0 Å². The van der Waals surface area contributed by atoms with Gasteiger partial charge in [0.1, 0.15) is 0 Å². The van der Waals surface area contributed by atoms with Crippen LogP contribution in [0.25, 0.3) is 0 Å². The van der Waals surface area contributed by atoms with Crippen LogP contribution in [0.5, 0.6) is 17.2 Å². The first-order valence-corrected chi connectivity index (χ1v) is 10.9. The van der Waals surface area contributed by atoms with Crippen LogP contribution in [0.2, 0.25) is 0 Å². The lowest BCUT2D eigenvalue weighted by Gasteiger charge is -2.31. The number of benzene rings is 2. The summed E-state index contributed by atoms with van der Waals surface area (Å²) in [6.45, 7) is 1.22. The number of carbonyl (C=O) groups excluding carboxylic acids is 3. The van der Waals surface area contributed by atoms with Gasteiger partial charge in [-0.15, -0.1) is 0 Å².